The highest BCUT2D eigenvalue weighted by Crippen LogP contribution is 2.38. The van der Waals surface area contributed by atoms with E-state index in [1.807, 2.05) is 6.07 Å². The van der Waals surface area contributed by atoms with Gasteiger partial charge in [-0.2, -0.15) is 0 Å². The Morgan fingerprint density at radius 3 is 2.62 bits per heavy atom. The van der Waals surface area contributed by atoms with Crippen molar-refractivity contribution in [2.24, 2.45) is 0 Å². The van der Waals surface area contributed by atoms with Gasteiger partial charge in [-0.05, 0) is 75.2 Å². The molecular weight excluding hydrogens is 366 g/mol. The highest BCUT2D eigenvalue weighted by atomic mass is 16.5. The molecule has 2 N–H and O–H groups in total. The molecule has 0 spiro atoms. The number of nitrogens with zero attached hydrogens (tertiary/aromatic N) is 2. The monoisotopic (exact) mass is 399 g/mol. The summed E-state index contributed by atoms with van der Waals surface area (Å²) in [6.45, 7) is 4.83. The number of pyridine rings is 1. The molecule has 4 rings (SSSR count). The Morgan fingerprint density at radius 2 is 1.86 bits per heavy atom. The van der Waals surface area contributed by atoms with Crippen LogP contribution >= 0.6 is 0 Å². The molecule has 0 unspecified atom stereocenters. The highest BCUT2D eigenvalue weighted by molar-refractivity contribution is 5.89. The number of methoxy groups -OCH3 is 1. The van der Waals surface area contributed by atoms with E-state index in [2.05, 4.69) is 16.3 Å². The molecule has 0 radical (unpaired) electrons. The number of aromatic nitrogens is 1. The van der Waals surface area contributed by atoms with Crippen LogP contribution in [0.2, 0.25) is 0 Å². The van der Waals surface area contributed by atoms with Crippen LogP contribution in [-0.4, -0.2) is 61.5 Å². The van der Waals surface area contributed by atoms with Gasteiger partial charge in [0.15, 0.2) is 11.5 Å². The second-order valence-electron chi connectivity index (χ2n) is 8.05. The van der Waals surface area contributed by atoms with Crippen LogP contribution < -0.4 is 14.8 Å². The van der Waals surface area contributed by atoms with Crippen LogP contribution in [0.1, 0.15) is 43.2 Å². The Morgan fingerprint density at radius 1 is 1.07 bits per heavy atom. The standard InChI is InChI=1S/C23H33N3O3/c1-28-21-15-19-17-7-2-3-8-18(17)23(24-9-13-27)25-20(19)16-22(21)29-14-6-12-26-10-4-5-11-26/h15-16,27H,2-14H2,1H3,(H,24,25). The molecule has 0 saturated carbocycles. The van der Waals surface area contributed by atoms with E-state index in [1.165, 1.54) is 49.9 Å². The number of aliphatic hydroxyl groups is 1. The zero-order valence-electron chi connectivity index (χ0n) is 17.5. The number of hydrogen-bond donors (Lipinski definition) is 2. The number of aryl methyl sites for hydroxylation is 1. The van der Waals surface area contributed by atoms with Crippen LogP contribution in [0, 0.1) is 0 Å². The number of ether oxygens (including phenoxy) is 2. The minimum absolute atomic E-state index is 0.0997. The molecule has 1 aliphatic heterocycles. The molecule has 2 aromatic rings. The van der Waals surface area contributed by atoms with Crippen molar-refractivity contribution >= 4 is 16.7 Å². The number of benzene rings is 1. The van der Waals surface area contributed by atoms with Gasteiger partial charge in [0.2, 0.25) is 0 Å². The Balaban J connectivity index is 1.57. The summed E-state index contributed by atoms with van der Waals surface area (Å²) in [7, 11) is 1.70. The SMILES string of the molecule is COc1cc2c3c(c(NCCO)nc2cc1OCCCN1CCCC1)CCCC3. The predicted molar refractivity (Wildman–Crippen MR) is 116 cm³/mol. The van der Waals surface area contributed by atoms with Gasteiger partial charge in [0.05, 0.1) is 25.8 Å². The van der Waals surface area contributed by atoms with Crippen molar-refractivity contribution in [3.8, 4) is 11.5 Å². The summed E-state index contributed by atoms with van der Waals surface area (Å²) in [6, 6.07) is 4.11. The lowest BCUT2D eigenvalue weighted by atomic mass is 9.89. The van der Waals surface area contributed by atoms with E-state index in [4.69, 9.17) is 14.5 Å². The topological polar surface area (TPSA) is 66.8 Å². The Labute approximate surface area is 173 Å². The first-order valence-electron chi connectivity index (χ1n) is 11.0. The van der Waals surface area contributed by atoms with Crippen molar-refractivity contribution < 1.29 is 14.6 Å². The maximum Gasteiger partial charge on any atom is 0.163 e. The molecule has 1 aromatic carbocycles. The van der Waals surface area contributed by atoms with Gasteiger partial charge in [0.25, 0.3) is 0 Å². The molecule has 1 aromatic heterocycles. The van der Waals surface area contributed by atoms with E-state index in [0.717, 1.165) is 54.0 Å². The third-order valence-electron chi connectivity index (χ3n) is 6.07. The molecule has 0 bridgehead atoms. The zero-order chi connectivity index (χ0) is 20.1. The van der Waals surface area contributed by atoms with Gasteiger partial charge < -0.3 is 24.8 Å². The average molecular weight is 400 g/mol. The largest absolute Gasteiger partial charge is 0.493 e. The summed E-state index contributed by atoms with van der Waals surface area (Å²) < 4.78 is 11.8. The molecule has 2 heterocycles. The fraction of sp³-hybridized carbons (Fsp3) is 0.609. The predicted octanol–water partition coefficient (Wildman–Crippen LogP) is 3.39. The first-order chi connectivity index (χ1) is 14.3. The van der Waals surface area contributed by atoms with Crippen LogP contribution in [0.3, 0.4) is 0 Å². The minimum Gasteiger partial charge on any atom is -0.493 e. The van der Waals surface area contributed by atoms with Crippen molar-refractivity contribution in [3.05, 3.63) is 23.3 Å². The first kappa shape index (κ1) is 20.2. The molecule has 2 aliphatic rings. The summed E-state index contributed by atoms with van der Waals surface area (Å²) in [5.74, 6) is 2.45. The molecule has 6 nitrogen and oxygen atoms in total. The maximum atomic E-state index is 9.23. The Bertz CT molecular complexity index is 834. The molecule has 1 fully saturated rings. The van der Waals surface area contributed by atoms with Crippen molar-refractivity contribution in [3.63, 3.8) is 0 Å². The number of rotatable bonds is 9. The Hall–Kier alpha value is -2.05. The first-order valence-corrected chi connectivity index (χ1v) is 11.0. The second kappa shape index (κ2) is 9.63. The van der Waals surface area contributed by atoms with Gasteiger partial charge in [-0.1, -0.05) is 0 Å². The number of likely N-dealkylation sites (tertiary alicyclic amines) is 1. The molecule has 29 heavy (non-hydrogen) atoms. The molecule has 1 saturated heterocycles. The van der Waals surface area contributed by atoms with Crippen LogP contribution in [-0.2, 0) is 12.8 Å². The van der Waals surface area contributed by atoms with Gasteiger partial charge in [0, 0.05) is 24.5 Å². The lowest BCUT2D eigenvalue weighted by molar-refractivity contribution is 0.254. The fourth-order valence-corrected chi connectivity index (χ4v) is 4.60. The van der Waals surface area contributed by atoms with E-state index in [-0.39, 0.29) is 6.61 Å². The van der Waals surface area contributed by atoms with Crippen LogP contribution in [0.25, 0.3) is 10.9 Å². The minimum atomic E-state index is 0.0997. The number of aliphatic hydroxyl groups excluding tert-OH is 1. The number of hydrogen-bond acceptors (Lipinski definition) is 6. The maximum absolute atomic E-state index is 9.23. The molecular formula is C23H33N3O3. The second-order valence-corrected chi connectivity index (χ2v) is 8.05. The van der Waals surface area contributed by atoms with Crippen molar-refractivity contribution in [1.82, 2.24) is 9.88 Å². The summed E-state index contributed by atoms with van der Waals surface area (Å²) in [6.07, 6.45) is 8.13. The molecule has 0 atom stereocenters. The lowest BCUT2D eigenvalue weighted by Crippen LogP contribution is -2.22. The van der Waals surface area contributed by atoms with E-state index in [1.54, 1.807) is 7.11 Å². The molecule has 158 valence electrons. The number of anilines is 1. The average Bonchev–Trinajstić information content (AvgIpc) is 3.28. The zero-order valence-corrected chi connectivity index (χ0v) is 17.5. The van der Waals surface area contributed by atoms with Crippen molar-refractivity contribution in [1.29, 1.82) is 0 Å². The molecule has 6 heteroatoms. The Kier molecular flexibility index (Phi) is 6.72. The quantitative estimate of drug-likeness (QED) is 0.630. The van der Waals surface area contributed by atoms with Crippen molar-refractivity contribution in [2.45, 2.75) is 44.9 Å². The number of fused-ring (bicyclic) bond motifs is 3. The van der Waals surface area contributed by atoms with Gasteiger partial charge in [0.1, 0.15) is 5.82 Å². The normalized spacial score (nSPS) is 16.8. The summed E-state index contributed by atoms with van der Waals surface area (Å²) in [4.78, 5) is 7.40. The van der Waals surface area contributed by atoms with Gasteiger partial charge in [-0.25, -0.2) is 4.98 Å². The summed E-state index contributed by atoms with van der Waals surface area (Å²) in [5, 5.41) is 13.7. The lowest BCUT2D eigenvalue weighted by Gasteiger charge is -2.22. The van der Waals surface area contributed by atoms with E-state index < -0.39 is 0 Å². The fourth-order valence-electron chi connectivity index (χ4n) is 4.60. The smallest absolute Gasteiger partial charge is 0.163 e. The van der Waals surface area contributed by atoms with Crippen molar-refractivity contribution in [2.75, 3.05) is 51.8 Å². The van der Waals surface area contributed by atoms with Crippen LogP contribution in [0.5, 0.6) is 11.5 Å². The number of nitrogens with one attached hydrogen (secondary N) is 1. The summed E-state index contributed by atoms with van der Waals surface area (Å²) in [5.41, 5.74) is 3.58. The highest BCUT2D eigenvalue weighted by Gasteiger charge is 2.20. The molecule has 0 amide bonds. The van der Waals surface area contributed by atoms with Crippen LogP contribution in [0.4, 0.5) is 5.82 Å². The van der Waals surface area contributed by atoms with E-state index >= 15 is 0 Å². The van der Waals surface area contributed by atoms with Gasteiger partial charge in [-0.15, -0.1) is 0 Å². The van der Waals surface area contributed by atoms with Gasteiger partial charge in [-0.3, -0.25) is 0 Å². The van der Waals surface area contributed by atoms with Gasteiger partial charge >= 0.3 is 0 Å². The van der Waals surface area contributed by atoms with Crippen LogP contribution in [0.15, 0.2) is 12.1 Å². The summed E-state index contributed by atoms with van der Waals surface area (Å²) >= 11 is 0. The molecule has 1 aliphatic carbocycles. The van der Waals surface area contributed by atoms with E-state index in [9.17, 15) is 5.11 Å². The van der Waals surface area contributed by atoms with E-state index in [0.29, 0.717) is 13.2 Å². The third kappa shape index (κ3) is 4.59. The third-order valence-corrected chi connectivity index (χ3v) is 6.07.